The Morgan fingerprint density at radius 2 is 2.20 bits per heavy atom. The predicted molar refractivity (Wildman–Crippen MR) is 62.6 cm³/mol. The summed E-state index contributed by atoms with van der Waals surface area (Å²) < 4.78 is 1.39. The zero-order chi connectivity index (χ0) is 11.3. The van der Waals surface area contributed by atoms with Crippen LogP contribution in [0.25, 0.3) is 0 Å². The molecule has 0 amide bonds. The molecule has 0 saturated carbocycles. The highest BCUT2D eigenvalue weighted by Gasteiger charge is 2.07. The molecule has 0 bridgehead atoms. The van der Waals surface area contributed by atoms with Gasteiger partial charge in [-0.2, -0.15) is 5.10 Å². The summed E-state index contributed by atoms with van der Waals surface area (Å²) in [6.07, 6.45) is 3.45. The highest BCUT2D eigenvalue weighted by atomic mass is 35.5. The van der Waals surface area contributed by atoms with Gasteiger partial charge in [0.25, 0.3) is 5.56 Å². The molecule has 0 aliphatic rings. The Balaban J connectivity index is 2.94. The molecule has 0 atom stereocenters. The lowest BCUT2D eigenvalue weighted by Crippen LogP contribution is -2.24. The van der Waals surface area contributed by atoms with Crippen LogP contribution in [0.3, 0.4) is 0 Å². The highest BCUT2D eigenvalue weighted by Crippen LogP contribution is 2.14. The van der Waals surface area contributed by atoms with E-state index < -0.39 is 0 Å². The summed E-state index contributed by atoms with van der Waals surface area (Å²) in [5.41, 5.74) is 0.399. The van der Waals surface area contributed by atoms with Crippen molar-refractivity contribution >= 4 is 17.3 Å². The third kappa shape index (κ3) is 2.96. The van der Waals surface area contributed by atoms with Crippen LogP contribution in [0.5, 0.6) is 0 Å². The van der Waals surface area contributed by atoms with E-state index in [2.05, 4.69) is 10.4 Å². The second-order valence-corrected chi connectivity index (χ2v) is 3.71. The molecule has 1 rings (SSSR count). The zero-order valence-corrected chi connectivity index (χ0v) is 9.84. The van der Waals surface area contributed by atoms with Crippen LogP contribution in [0.15, 0.2) is 11.0 Å². The van der Waals surface area contributed by atoms with E-state index in [1.807, 2.05) is 13.8 Å². The fourth-order valence-electron chi connectivity index (χ4n) is 1.22. The molecule has 1 heterocycles. The standard InChI is InChI=1S/C10H16ClN3O/c1-3-5-12-8-7-13-14(6-4-2)10(15)9(8)11/h7,12H,3-6H2,1-2H3. The maximum atomic E-state index is 11.7. The van der Waals surface area contributed by atoms with Crippen molar-refractivity contribution in [2.75, 3.05) is 11.9 Å². The molecule has 15 heavy (non-hydrogen) atoms. The molecular formula is C10H16ClN3O. The molecule has 1 aromatic rings. The van der Waals surface area contributed by atoms with Crippen molar-refractivity contribution < 1.29 is 0 Å². The molecular weight excluding hydrogens is 214 g/mol. The Morgan fingerprint density at radius 3 is 2.80 bits per heavy atom. The van der Waals surface area contributed by atoms with E-state index in [-0.39, 0.29) is 10.6 Å². The molecule has 1 N–H and O–H groups in total. The highest BCUT2D eigenvalue weighted by molar-refractivity contribution is 6.32. The molecule has 0 aliphatic heterocycles. The lowest BCUT2D eigenvalue weighted by Gasteiger charge is -2.08. The summed E-state index contributed by atoms with van der Waals surface area (Å²) in [7, 11) is 0. The second kappa shape index (κ2) is 5.75. The second-order valence-electron chi connectivity index (χ2n) is 3.33. The van der Waals surface area contributed by atoms with Gasteiger partial charge in [-0.1, -0.05) is 25.4 Å². The Morgan fingerprint density at radius 1 is 1.47 bits per heavy atom. The molecule has 84 valence electrons. The average Bonchev–Trinajstić information content (AvgIpc) is 2.24. The Kier molecular flexibility index (Phi) is 4.62. The topological polar surface area (TPSA) is 46.9 Å². The van der Waals surface area contributed by atoms with Crippen LogP contribution in [0, 0.1) is 0 Å². The maximum Gasteiger partial charge on any atom is 0.287 e. The molecule has 0 spiro atoms. The minimum absolute atomic E-state index is 0.223. The zero-order valence-electron chi connectivity index (χ0n) is 9.09. The van der Waals surface area contributed by atoms with Gasteiger partial charge in [0, 0.05) is 13.1 Å². The van der Waals surface area contributed by atoms with Gasteiger partial charge in [0.2, 0.25) is 0 Å². The van der Waals surface area contributed by atoms with Gasteiger partial charge in [0.1, 0.15) is 5.02 Å². The summed E-state index contributed by atoms with van der Waals surface area (Å²) in [5, 5.41) is 7.33. The molecule has 0 fully saturated rings. The quantitative estimate of drug-likeness (QED) is 0.842. The fraction of sp³-hybridized carbons (Fsp3) is 0.600. The van der Waals surface area contributed by atoms with E-state index in [0.717, 1.165) is 19.4 Å². The third-order valence-corrected chi connectivity index (χ3v) is 2.35. The average molecular weight is 230 g/mol. The van der Waals surface area contributed by atoms with E-state index in [1.165, 1.54) is 4.68 Å². The van der Waals surface area contributed by atoms with E-state index in [4.69, 9.17) is 11.6 Å². The number of nitrogens with zero attached hydrogens (tertiary/aromatic N) is 2. The number of nitrogens with one attached hydrogen (secondary N) is 1. The van der Waals surface area contributed by atoms with Gasteiger partial charge < -0.3 is 5.32 Å². The number of hydrogen-bond acceptors (Lipinski definition) is 3. The molecule has 1 aromatic heterocycles. The van der Waals surface area contributed by atoms with Gasteiger partial charge in [0.15, 0.2) is 0 Å². The number of aromatic nitrogens is 2. The smallest absolute Gasteiger partial charge is 0.287 e. The summed E-state index contributed by atoms with van der Waals surface area (Å²) >= 11 is 5.93. The SMILES string of the molecule is CCCNc1cnn(CCC)c(=O)c1Cl. The van der Waals surface area contributed by atoms with Crippen LogP contribution in [-0.2, 0) is 6.54 Å². The summed E-state index contributed by atoms with van der Waals surface area (Å²) in [5.74, 6) is 0. The lowest BCUT2D eigenvalue weighted by atomic mass is 10.4. The fourth-order valence-corrected chi connectivity index (χ4v) is 1.43. The number of anilines is 1. The van der Waals surface area contributed by atoms with E-state index in [1.54, 1.807) is 6.20 Å². The molecule has 0 aliphatic carbocycles. The Bertz CT molecular complexity index is 375. The first kappa shape index (κ1) is 12.0. The third-order valence-electron chi connectivity index (χ3n) is 1.99. The van der Waals surface area contributed by atoms with Crippen molar-refractivity contribution in [1.29, 1.82) is 0 Å². The van der Waals surface area contributed by atoms with Crippen LogP contribution in [0.1, 0.15) is 26.7 Å². The van der Waals surface area contributed by atoms with Crippen molar-refractivity contribution in [2.24, 2.45) is 0 Å². The Labute approximate surface area is 94.3 Å². The van der Waals surface area contributed by atoms with Gasteiger partial charge in [-0.3, -0.25) is 4.79 Å². The molecule has 4 nitrogen and oxygen atoms in total. The molecule has 0 saturated heterocycles. The van der Waals surface area contributed by atoms with Crippen LogP contribution < -0.4 is 10.9 Å². The Hall–Kier alpha value is -1.03. The number of rotatable bonds is 5. The van der Waals surface area contributed by atoms with E-state index in [0.29, 0.717) is 12.2 Å². The van der Waals surface area contributed by atoms with Crippen LogP contribution in [0.4, 0.5) is 5.69 Å². The molecule has 0 aromatic carbocycles. The van der Waals surface area contributed by atoms with Crippen LogP contribution in [-0.4, -0.2) is 16.3 Å². The first-order chi connectivity index (χ1) is 7.20. The number of halogens is 1. The van der Waals surface area contributed by atoms with E-state index in [9.17, 15) is 4.79 Å². The normalized spacial score (nSPS) is 10.3. The van der Waals surface area contributed by atoms with Gasteiger partial charge >= 0.3 is 0 Å². The summed E-state index contributed by atoms with van der Waals surface area (Å²) in [4.78, 5) is 11.7. The monoisotopic (exact) mass is 229 g/mol. The van der Waals surface area contributed by atoms with Gasteiger partial charge in [0.05, 0.1) is 11.9 Å². The van der Waals surface area contributed by atoms with Crippen LogP contribution >= 0.6 is 11.6 Å². The molecule has 5 heteroatoms. The number of aryl methyl sites for hydroxylation is 1. The summed E-state index contributed by atoms with van der Waals surface area (Å²) in [6, 6.07) is 0. The molecule has 0 radical (unpaired) electrons. The van der Waals surface area contributed by atoms with Gasteiger partial charge in [-0.05, 0) is 12.8 Å². The number of hydrogen-bond donors (Lipinski definition) is 1. The van der Waals surface area contributed by atoms with Crippen LogP contribution in [0.2, 0.25) is 5.02 Å². The first-order valence-corrected chi connectivity index (χ1v) is 5.58. The minimum Gasteiger partial charge on any atom is -0.382 e. The van der Waals surface area contributed by atoms with Gasteiger partial charge in [-0.15, -0.1) is 0 Å². The lowest BCUT2D eigenvalue weighted by molar-refractivity contribution is 0.568. The predicted octanol–water partition coefficient (Wildman–Crippen LogP) is 2.13. The van der Waals surface area contributed by atoms with Gasteiger partial charge in [-0.25, -0.2) is 4.68 Å². The van der Waals surface area contributed by atoms with Crippen molar-refractivity contribution in [2.45, 2.75) is 33.2 Å². The minimum atomic E-state index is -0.223. The first-order valence-electron chi connectivity index (χ1n) is 5.20. The summed E-state index contributed by atoms with van der Waals surface area (Å²) in [6.45, 7) is 5.43. The van der Waals surface area contributed by atoms with Crippen molar-refractivity contribution in [1.82, 2.24) is 9.78 Å². The van der Waals surface area contributed by atoms with Crippen molar-refractivity contribution in [3.05, 3.63) is 21.6 Å². The van der Waals surface area contributed by atoms with Crippen molar-refractivity contribution in [3.63, 3.8) is 0 Å². The molecule has 0 unspecified atom stereocenters. The maximum absolute atomic E-state index is 11.7. The van der Waals surface area contributed by atoms with E-state index >= 15 is 0 Å². The van der Waals surface area contributed by atoms with Crippen molar-refractivity contribution in [3.8, 4) is 0 Å². The largest absolute Gasteiger partial charge is 0.382 e.